The van der Waals surface area contributed by atoms with Crippen molar-refractivity contribution >= 4 is 15.9 Å². The molecular weight excluding hydrogens is 283 g/mol. The van der Waals surface area contributed by atoms with Gasteiger partial charge in [0.1, 0.15) is 5.82 Å². The van der Waals surface area contributed by atoms with Gasteiger partial charge in [-0.25, -0.2) is 4.39 Å². The number of hydrogen-bond acceptors (Lipinski definition) is 2. The molecule has 4 heteroatoms. The molecule has 0 bridgehead atoms. The Hall–Kier alpha value is -0.450. The van der Waals surface area contributed by atoms with E-state index in [1.807, 2.05) is 19.2 Å². The summed E-state index contributed by atoms with van der Waals surface area (Å²) in [6, 6.07) is 5.89. The maximum Gasteiger partial charge on any atom is 0.137 e. The fourth-order valence-electron chi connectivity index (χ4n) is 2.44. The Morgan fingerprint density at radius 3 is 3.06 bits per heavy atom. The molecule has 2 nitrogen and oxygen atoms in total. The van der Waals surface area contributed by atoms with E-state index in [0.717, 1.165) is 19.6 Å². The highest BCUT2D eigenvalue weighted by Gasteiger charge is 2.23. The zero-order valence-electron chi connectivity index (χ0n) is 10.0. The minimum Gasteiger partial charge on any atom is -0.318 e. The monoisotopic (exact) mass is 300 g/mol. The Bertz CT molecular complexity index is 384. The minimum atomic E-state index is -0.193. The molecule has 2 rings (SSSR count). The van der Waals surface area contributed by atoms with Crippen LogP contribution in [0.3, 0.4) is 0 Å². The Balaban J connectivity index is 2.02. The molecule has 94 valence electrons. The van der Waals surface area contributed by atoms with Gasteiger partial charge >= 0.3 is 0 Å². The van der Waals surface area contributed by atoms with Crippen LogP contribution in [-0.2, 0) is 6.54 Å². The first kappa shape index (κ1) is 13.0. The molecule has 0 aromatic heterocycles. The molecule has 0 saturated carbocycles. The summed E-state index contributed by atoms with van der Waals surface area (Å²) in [5, 5.41) is 3.23. The molecule has 1 atom stereocenters. The Labute approximate surface area is 110 Å². The number of rotatable bonds is 4. The third-order valence-corrected chi connectivity index (χ3v) is 3.92. The van der Waals surface area contributed by atoms with Gasteiger partial charge in [0.15, 0.2) is 0 Å². The van der Waals surface area contributed by atoms with Gasteiger partial charge in [-0.1, -0.05) is 6.07 Å². The van der Waals surface area contributed by atoms with Crippen LogP contribution in [0.25, 0.3) is 0 Å². The molecule has 1 heterocycles. The number of likely N-dealkylation sites (N-methyl/N-ethyl adjacent to an activating group) is 1. The molecule has 17 heavy (non-hydrogen) atoms. The number of hydrogen-bond donors (Lipinski definition) is 1. The van der Waals surface area contributed by atoms with Gasteiger partial charge in [0.05, 0.1) is 4.47 Å². The highest BCUT2D eigenvalue weighted by atomic mass is 79.9. The highest BCUT2D eigenvalue weighted by Crippen LogP contribution is 2.22. The van der Waals surface area contributed by atoms with E-state index in [2.05, 4.69) is 26.1 Å². The van der Waals surface area contributed by atoms with Gasteiger partial charge in [-0.2, -0.15) is 0 Å². The van der Waals surface area contributed by atoms with Gasteiger partial charge in [0, 0.05) is 19.1 Å². The summed E-state index contributed by atoms with van der Waals surface area (Å²) in [6.07, 6.45) is 2.51. The van der Waals surface area contributed by atoms with Gasteiger partial charge < -0.3 is 5.32 Å². The van der Waals surface area contributed by atoms with E-state index in [0.29, 0.717) is 10.5 Å². The van der Waals surface area contributed by atoms with Crippen LogP contribution in [0.4, 0.5) is 4.39 Å². The summed E-state index contributed by atoms with van der Waals surface area (Å²) in [6.45, 7) is 3.08. The van der Waals surface area contributed by atoms with Crippen molar-refractivity contribution in [3.8, 4) is 0 Å². The van der Waals surface area contributed by atoms with E-state index in [1.54, 1.807) is 0 Å². The molecule has 1 aromatic carbocycles. The van der Waals surface area contributed by atoms with Crippen LogP contribution in [-0.4, -0.2) is 31.1 Å². The lowest BCUT2D eigenvalue weighted by Crippen LogP contribution is -2.36. The predicted octanol–water partition coefficient (Wildman–Crippen LogP) is 2.77. The normalized spacial score (nSPS) is 21.0. The number of benzene rings is 1. The van der Waals surface area contributed by atoms with E-state index in [-0.39, 0.29) is 5.82 Å². The quantitative estimate of drug-likeness (QED) is 0.920. The number of halogens is 2. The fraction of sp³-hybridized carbons (Fsp3) is 0.538. The van der Waals surface area contributed by atoms with Crippen molar-refractivity contribution in [3.63, 3.8) is 0 Å². The van der Waals surface area contributed by atoms with Crippen LogP contribution in [0, 0.1) is 5.82 Å². The zero-order chi connectivity index (χ0) is 12.3. The number of nitrogens with zero attached hydrogens (tertiary/aromatic N) is 1. The lowest BCUT2D eigenvalue weighted by Gasteiger charge is -2.24. The molecule has 1 fully saturated rings. The average molecular weight is 301 g/mol. The van der Waals surface area contributed by atoms with Crippen LogP contribution >= 0.6 is 15.9 Å². The summed E-state index contributed by atoms with van der Waals surface area (Å²) in [5.41, 5.74) is 1.17. The van der Waals surface area contributed by atoms with Crippen molar-refractivity contribution in [1.82, 2.24) is 10.2 Å². The summed E-state index contributed by atoms with van der Waals surface area (Å²) >= 11 is 3.24. The molecule has 1 unspecified atom stereocenters. The van der Waals surface area contributed by atoms with E-state index in [9.17, 15) is 4.39 Å². The smallest absolute Gasteiger partial charge is 0.137 e. The van der Waals surface area contributed by atoms with Gasteiger partial charge in [-0.3, -0.25) is 4.90 Å². The second-order valence-electron chi connectivity index (χ2n) is 4.57. The van der Waals surface area contributed by atoms with Crippen LogP contribution < -0.4 is 5.32 Å². The molecular formula is C13H18BrFN2. The van der Waals surface area contributed by atoms with Crippen molar-refractivity contribution < 1.29 is 4.39 Å². The van der Waals surface area contributed by atoms with Crippen LogP contribution in [0.5, 0.6) is 0 Å². The third-order valence-electron chi connectivity index (χ3n) is 3.31. The summed E-state index contributed by atoms with van der Waals surface area (Å²) in [5.74, 6) is -0.193. The average Bonchev–Trinajstić information content (AvgIpc) is 2.72. The van der Waals surface area contributed by atoms with Crippen molar-refractivity contribution in [2.24, 2.45) is 0 Å². The molecule has 1 aromatic rings. The van der Waals surface area contributed by atoms with E-state index in [1.165, 1.54) is 24.5 Å². The molecule has 0 aliphatic carbocycles. The first-order valence-electron chi connectivity index (χ1n) is 6.03. The molecule has 1 aliphatic rings. The minimum absolute atomic E-state index is 0.193. The van der Waals surface area contributed by atoms with Gasteiger partial charge in [0.2, 0.25) is 0 Å². The largest absolute Gasteiger partial charge is 0.318 e. The standard InChI is InChI=1S/C13H18BrFN2/c1-16-8-11-3-2-6-17(11)9-10-4-5-13(15)12(14)7-10/h4-5,7,11,16H,2-3,6,8-9H2,1H3. The van der Waals surface area contributed by atoms with Crippen molar-refractivity contribution in [2.45, 2.75) is 25.4 Å². The third kappa shape index (κ3) is 3.27. The lowest BCUT2D eigenvalue weighted by atomic mass is 10.2. The molecule has 0 spiro atoms. The Morgan fingerprint density at radius 2 is 2.35 bits per heavy atom. The highest BCUT2D eigenvalue weighted by molar-refractivity contribution is 9.10. The number of nitrogens with one attached hydrogen (secondary N) is 1. The fourth-order valence-corrected chi connectivity index (χ4v) is 2.87. The Kier molecular flexibility index (Phi) is 4.54. The summed E-state index contributed by atoms with van der Waals surface area (Å²) in [4.78, 5) is 2.47. The van der Waals surface area contributed by atoms with Crippen LogP contribution in [0.1, 0.15) is 18.4 Å². The van der Waals surface area contributed by atoms with Crippen LogP contribution in [0.15, 0.2) is 22.7 Å². The van der Waals surface area contributed by atoms with E-state index < -0.39 is 0 Å². The molecule has 0 amide bonds. The van der Waals surface area contributed by atoms with Crippen molar-refractivity contribution in [2.75, 3.05) is 20.1 Å². The molecule has 1 N–H and O–H groups in total. The zero-order valence-corrected chi connectivity index (χ0v) is 11.6. The SMILES string of the molecule is CNCC1CCCN1Cc1ccc(F)c(Br)c1. The maximum atomic E-state index is 13.1. The maximum absolute atomic E-state index is 13.1. The van der Waals surface area contributed by atoms with Gasteiger partial charge in [-0.15, -0.1) is 0 Å². The topological polar surface area (TPSA) is 15.3 Å². The summed E-state index contributed by atoms with van der Waals surface area (Å²) in [7, 11) is 1.99. The summed E-state index contributed by atoms with van der Waals surface area (Å²) < 4.78 is 13.7. The lowest BCUT2D eigenvalue weighted by molar-refractivity contribution is 0.242. The van der Waals surface area contributed by atoms with E-state index >= 15 is 0 Å². The van der Waals surface area contributed by atoms with Gasteiger partial charge in [-0.05, 0) is 60.1 Å². The Morgan fingerprint density at radius 1 is 1.53 bits per heavy atom. The van der Waals surface area contributed by atoms with Crippen LogP contribution in [0.2, 0.25) is 0 Å². The molecule has 1 aliphatic heterocycles. The van der Waals surface area contributed by atoms with Crippen molar-refractivity contribution in [3.05, 3.63) is 34.1 Å². The van der Waals surface area contributed by atoms with E-state index in [4.69, 9.17) is 0 Å². The number of likely N-dealkylation sites (tertiary alicyclic amines) is 1. The van der Waals surface area contributed by atoms with Gasteiger partial charge in [0.25, 0.3) is 0 Å². The first-order chi connectivity index (χ1) is 8.20. The molecule has 1 saturated heterocycles. The molecule has 0 radical (unpaired) electrons. The predicted molar refractivity (Wildman–Crippen MR) is 71.5 cm³/mol. The second kappa shape index (κ2) is 5.94. The second-order valence-corrected chi connectivity index (χ2v) is 5.43. The first-order valence-corrected chi connectivity index (χ1v) is 6.82. The van der Waals surface area contributed by atoms with Crippen molar-refractivity contribution in [1.29, 1.82) is 0 Å².